The fraction of sp³-hybridized carbons (Fsp3) is 0.800. The van der Waals surface area contributed by atoms with Crippen molar-refractivity contribution >= 4 is 11.8 Å². The van der Waals surface area contributed by atoms with E-state index in [1.807, 2.05) is 10.9 Å². The molecule has 0 saturated carbocycles. The lowest BCUT2D eigenvalue weighted by Gasteiger charge is -2.29. The van der Waals surface area contributed by atoms with Crippen LogP contribution in [0.2, 0.25) is 0 Å². The molecule has 1 aromatic rings. The highest BCUT2D eigenvalue weighted by atomic mass is 32.2. The predicted octanol–water partition coefficient (Wildman–Crippen LogP) is 2.51. The number of aromatic nitrogens is 2. The Bertz CT molecular complexity index is 416. The zero-order chi connectivity index (χ0) is 14.6. The lowest BCUT2D eigenvalue weighted by Crippen LogP contribution is -2.35. The number of hydrogen-bond donors (Lipinski definition) is 1. The molecule has 1 aliphatic rings. The van der Waals surface area contributed by atoms with Gasteiger partial charge in [0.05, 0.1) is 12.2 Å². The second-order valence-corrected chi connectivity index (χ2v) is 7.98. The van der Waals surface area contributed by atoms with Gasteiger partial charge in [-0.3, -0.25) is 9.58 Å². The van der Waals surface area contributed by atoms with Crippen molar-refractivity contribution in [1.29, 1.82) is 0 Å². The maximum atomic E-state index is 6.05. The van der Waals surface area contributed by atoms with E-state index in [9.17, 15) is 0 Å². The summed E-state index contributed by atoms with van der Waals surface area (Å²) < 4.78 is 2.43. The van der Waals surface area contributed by atoms with Crippen LogP contribution in [0.1, 0.15) is 45.2 Å². The average Bonchev–Trinajstić information content (AvgIpc) is 2.77. The third kappa shape index (κ3) is 3.99. The Labute approximate surface area is 127 Å². The third-order valence-electron chi connectivity index (χ3n) is 4.03. The van der Waals surface area contributed by atoms with Gasteiger partial charge in [0.25, 0.3) is 0 Å². The van der Waals surface area contributed by atoms with Gasteiger partial charge in [-0.2, -0.15) is 16.9 Å². The summed E-state index contributed by atoms with van der Waals surface area (Å²) in [7, 11) is 0. The topological polar surface area (TPSA) is 47.1 Å². The maximum absolute atomic E-state index is 6.05. The molecule has 1 aromatic heterocycles. The van der Waals surface area contributed by atoms with Crippen molar-refractivity contribution in [2.45, 2.75) is 50.9 Å². The summed E-state index contributed by atoms with van der Waals surface area (Å²) in [5, 5.41) is 4.45. The molecule has 2 rings (SSSR count). The fourth-order valence-electron chi connectivity index (χ4n) is 2.75. The van der Waals surface area contributed by atoms with Gasteiger partial charge in [0, 0.05) is 48.4 Å². The number of nitrogens with two attached hydrogens (primary N) is 1. The van der Waals surface area contributed by atoms with Gasteiger partial charge >= 0.3 is 0 Å². The molecule has 5 heteroatoms. The molecule has 0 amide bonds. The zero-order valence-corrected chi connectivity index (χ0v) is 13.8. The van der Waals surface area contributed by atoms with E-state index in [-0.39, 0.29) is 0 Å². The number of nitrogens with zero attached hydrogens (tertiary/aromatic N) is 3. The Morgan fingerprint density at radius 2 is 2.25 bits per heavy atom. The summed E-state index contributed by atoms with van der Waals surface area (Å²) in [6.45, 7) is 10.8. The van der Waals surface area contributed by atoms with Crippen LogP contribution in [-0.4, -0.2) is 44.8 Å². The maximum Gasteiger partial charge on any atom is 0.0538 e. The monoisotopic (exact) mass is 296 g/mol. The van der Waals surface area contributed by atoms with Crippen molar-refractivity contribution in [1.82, 2.24) is 14.7 Å². The molecule has 1 saturated heterocycles. The van der Waals surface area contributed by atoms with Crippen molar-refractivity contribution < 1.29 is 0 Å². The first-order chi connectivity index (χ1) is 9.55. The Morgan fingerprint density at radius 1 is 1.45 bits per heavy atom. The summed E-state index contributed by atoms with van der Waals surface area (Å²) in [6.07, 6.45) is 6.50. The van der Waals surface area contributed by atoms with E-state index in [4.69, 9.17) is 5.73 Å². The molecular weight excluding hydrogens is 268 g/mol. The summed E-state index contributed by atoms with van der Waals surface area (Å²) in [5.41, 5.74) is 7.32. The Balaban J connectivity index is 2.06. The van der Waals surface area contributed by atoms with E-state index in [0.29, 0.717) is 17.3 Å². The largest absolute Gasteiger partial charge is 0.329 e. The van der Waals surface area contributed by atoms with Crippen molar-refractivity contribution in [3.63, 3.8) is 0 Å². The van der Waals surface area contributed by atoms with Crippen molar-refractivity contribution in [2.75, 3.05) is 25.4 Å². The highest BCUT2D eigenvalue weighted by molar-refractivity contribution is 8.00. The van der Waals surface area contributed by atoms with Crippen LogP contribution in [-0.2, 0) is 6.54 Å². The van der Waals surface area contributed by atoms with Crippen LogP contribution in [0.3, 0.4) is 0 Å². The van der Waals surface area contributed by atoms with Crippen molar-refractivity contribution in [3.05, 3.63) is 18.0 Å². The van der Waals surface area contributed by atoms with Gasteiger partial charge in [0.15, 0.2) is 0 Å². The van der Waals surface area contributed by atoms with Crippen LogP contribution in [0.5, 0.6) is 0 Å². The Hall–Kier alpha value is -0.520. The summed E-state index contributed by atoms with van der Waals surface area (Å²) in [5.74, 6) is 1.19. The molecule has 20 heavy (non-hydrogen) atoms. The minimum atomic E-state index is 0.315. The highest BCUT2D eigenvalue weighted by Crippen LogP contribution is 2.33. The third-order valence-corrected chi connectivity index (χ3v) is 5.40. The van der Waals surface area contributed by atoms with Crippen LogP contribution in [0, 0.1) is 0 Å². The predicted molar refractivity (Wildman–Crippen MR) is 87.0 cm³/mol. The smallest absolute Gasteiger partial charge is 0.0538 e. The van der Waals surface area contributed by atoms with Gasteiger partial charge in [0.1, 0.15) is 0 Å². The molecule has 1 fully saturated rings. The Morgan fingerprint density at radius 3 is 2.95 bits per heavy atom. The van der Waals surface area contributed by atoms with Gasteiger partial charge < -0.3 is 5.73 Å². The van der Waals surface area contributed by atoms with Gasteiger partial charge in [-0.1, -0.05) is 20.8 Å². The fourth-order valence-corrected chi connectivity index (χ4v) is 3.86. The molecule has 2 heterocycles. The summed E-state index contributed by atoms with van der Waals surface area (Å²) in [4.78, 5) is 2.54. The van der Waals surface area contributed by atoms with Gasteiger partial charge in [-0.25, -0.2) is 0 Å². The highest BCUT2D eigenvalue weighted by Gasteiger charge is 2.28. The van der Waals surface area contributed by atoms with E-state index in [0.717, 1.165) is 26.1 Å². The molecule has 114 valence electrons. The van der Waals surface area contributed by atoms with Crippen LogP contribution >= 0.6 is 11.8 Å². The van der Waals surface area contributed by atoms with E-state index in [1.165, 1.54) is 17.7 Å². The van der Waals surface area contributed by atoms with E-state index in [1.54, 1.807) is 0 Å². The lowest BCUT2D eigenvalue weighted by atomic mass is 10.1. The van der Waals surface area contributed by atoms with Crippen LogP contribution in [0.4, 0.5) is 0 Å². The molecule has 1 unspecified atom stereocenters. The van der Waals surface area contributed by atoms with Gasteiger partial charge in [-0.05, 0) is 12.8 Å². The molecule has 1 atom stereocenters. The van der Waals surface area contributed by atoms with E-state index >= 15 is 0 Å². The quantitative estimate of drug-likeness (QED) is 0.907. The molecule has 2 N–H and O–H groups in total. The number of aryl methyl sites for hydroxylation is 1. The molecule has 0 aliphatic carbocycles. The minimum absolute atomic E-state index is 0.315. The van der Waals surface area contributed by atoms with Crippen LogP contribution in [0.25, 0.3) is 0 Å². The second-order valence-electron chi connectivity index (χ2n) is 6.18. The lowest BCUT2D eigenvalue weighted by molar-refractivity contribution is 0.210. The number of thioether (sulfide) groups is 1. The van der Waals surface area contributed by atoms with Gasteiger partial charge in [-0.15, -0.1) is 0 Å². The number of hydrogen-bond acceptors (Lipinski definition) is 4. The van der Waals surface area contributed by atoms with Crippen LogP contribution < -0.4 is 5.73 Å². The molecule has 0 aromatic carbocycles. The average molecular weight is 296 g/mol. The molecule has 1 aliphatic heterocycles. The summed E-state index contributed by atoms with van der Waals surface area (Å²) in [6, 6.07) is 0.315. The van der Waals surface area contributed by atoms with E-state index in [2.05, 4.69) is 48.7 Å². The normalized spacial score (nSPS) is 21.6. The Kier molecular flexibility index (Phi) is 5.52. The first kappa shape index (κ1) is 15.9. The standard InChI is InChI=1S/C15H28N4S/c1-4-6-19-12-13(11-17-19)14(10-16)18-7-5-15(2,3)20-9-8-18/h11-12,14H,4-10,16H2,1-3H3. The van der Waals surface area contributed by atoms with Crippen molar-refractivity contribution in [3.8, 4) is 0 Å². The minimum Gasteiger partial charge on any atom is -0.329 e. The van der Waals surface area contributed by atoms with Crippen molar-refractivity contribution in [2.24, 2.45) is 5.73 Å². The van der Waals surface area contributed by atoms with E-state index < -0.39 is 0 Å². The van der Waals surface area contributed by atoms with Crippen LogP contribution in [0.15, 0.2) is 12.4 Å². The molecule has 0 bridgehead atoms. The summed E-state index contributed by atoms with van der Waals surface area (Å²) >= 11 is 2.08. The zero-order valence-electron chi connectivity index (χ0n) is 13.0. The first-order valence-electron chi connectivity index (χ1n) is 7.66. The molecule has 4 nitrogen and oxygen atoms in total. The first-order valence-corrected chi connectivity index (χ1v) is 8.64. The second kappa shape index (κ2) is 6.96. The molecule has 0 spiro atoms. The SMILES string of the molecule is CCCn1cc(C(CN)N2CCSC(C)(C)CC2)cn1. The van der Waals surface area contributed by atoms with Gasteiger partial charge in [0.2, 0.25) is 0 Å². The molecule has 0 radical (unpaired) electrons. The number of rotatable bonds is 5. The molecular formula is C15H28N4S.